The SMILES string of the molecule is Cc1nnc(N2C(=O)/C(=C/c3ccc(Cl)cc3)N=C2c2ccc(Cl)cc2)nc1/C=C/c1ccc(N(C)C)cc1. The van der Waals surface area contributed by atoms with Crippen LogP contribution in [0.5, 0.6) is 0 Å². The summed E-state index contributed by atoms with van der Waals surface area (Å²) in [7, 11) is 4.00. The van der Waals surface area contributed by atoms with Gasteiger partial charge in [0.15, 0.2) is 5.84 Å². The lowest BCUT2D eigenvalue weighted by molar-refractivity contribution is -0.113. The van der Waals surface area contributed by atoms with Crippen molar-refractivity contribution in [1.82, 2.24) is 15.2 Å². The number of carbonyl (C=O) groups is 1. The third-order valence-electron chi connectivity index (χ3n) is 6.06. The summed E-state index contributed by atoms with van der Waals surface area (Å²) in [5.74, 6) is 0.146. The van der Waals surface area contributed by atoms with Gasteiger partial charge in [0.25, 0.3) is 11.9 Å². The van der Waals surface area contributed by atoms with E-state index in [2.05, 4.69) is 15.2 Å². The first kappa shape index (κ1) is 26.3. The van der Waals surface area contributed by atoms with Crippen molar-refractivity contribution in [3.8, 4) is 0 Å². The number of aliphatic imine (C=N–C) groups is 1. The van der Waals surface area contributed by atoms with E-state index in [4.69, 9.17) is 28.2 Å². The van der Waals surface area contributed by atoms with Gasteiger partial charge in [-0.25, -0.2) is 14.9 Å². The zero-order valence-electron chi connectivity index (χ0n) is 21.5. The number of hydrogen-bond acceptors (Lipinski definition) is 6. The fourth-order valence-electron chi connectivity index (χ4n) is 3.90. The van der Waals surface area contributed by atoms with Crippen molar-refractivity contribution in [2.75, 3.05) is 23.9 Å². The van der Waals surface area contributed by atoms with Gasteiger partial charge in [0, 0.05) is 35.4 Å². The Labute approximate surface area is 236 Å². The molecular weight excluding hydrogens is 531 g/mol. The van der Waals surface area contributed by atoms with Crippen molar-refractivity contribution < 1.29 is 4.79 Å². The van der Waals surface area contributed by atoms with Crippen LogP contribution in [0.4, 0.5) is 11.6 Å². The maximum Gasteiger partial charge on any atom is 0.285 e. The lowest BCUT2D eigenvalue weighted by Gasteiger charge is -2.16. The maximum absolute atomic E-state index is 13.7. The third kappa shape index (κ3) is 5.90. The molecular formula is C30H24Cl2N6O. The van der Waals surface area contributed by atoms with E-state index in [1.54, 1.807) is 42.5 Å². The Morgan fingerprint density at radius 1 is 0.795 bits per heavy atom. The lowest BCUT2D eigenvalue weighted by atomic mass is 10.1. The number of amidine groups is 1. The van der Waals surface area contributed by atoms with Crippen molar-refractivity contribution in [3.63, 3.8) is 0 Å². The Morgan fingerprint density at radius 2 is 1.41 bits per heavy atom. The summed E-state index contributed by atoms with van der Waals surface area (Å²) in [6.45, 7) is 1.82. The molecule has 4 aromatic rings. The van der Waals surface area contributed by atoms with E-state index in [9.17, 15) is 4.79 Å². The molecule has 1 aliphatic heterocycles. The summed E-state index contributed by atoms with van der Waals surface area (Å²) < 4.78 is 0. The number of aromatic nitrogens is 3. The van der Waals surface area contributed by atoms with E-state index >= 15 is 0 Å². The Hall–Kier alpha value is -4.33. The molecule has 0 N–H and O–H groups in total. The first-order chi connectivity index (χ1) is 18.8. The standard InChI is InChI=1S/C30H24Cl2N6O/c1-19-26(17-8-20-6-15-25(16-7-20)37(2)3)34-30(36-35-19)38-28(22-9-13-24(32)14-10-22)33-27(29(38)39)18-21-4-11-23(31)12-5-21/h4-18H,1-3H3/b17-8+,27-18-. The van der Waals surface area contributed by atoms with Gasteiger partial charge in [0.05, 0.1) is 11.4 Å². The highest BCUT2D eigenvalue weighted by Crippen LogP contribution is 2.27. The average Bonchev–Trinajstić information content (AvgIpc) is 3.25. The van der Waals surface area contributed by atoms with Crippen LogP contribution < -0.4 is 9.80 Å². The average molecular weight is 555 g/mol. The van der Waals surface area contributed by atoms with Crippen LogP contribution in [0.15, 0.2) is 83.5 Å². The van der Waals surface area contributed by atoms with Crippen LogP contribution in [-0.2, 0) is 4.79 Å². The molecule has 0 aliphatic carbocycles. The summed E-state index contributed by atoms with van der Waals surface area (Å²) >= 11 is 12.1. The molecule has 0 saturated heterocycles. The fraction of sp³-hybridized carbons (Fsp3) is 0.100. The second kappa shape index (κ2) is 11.2. The minimum atomic E-state index is -0.366. The molecule has 9 heteroatoms. The zero-order chi connectivity index (χ0) is 27.5. The lowest BCUT2D eigenvalue weighted by Crippen LogP contribution is -2.34. The number of carbonyl (C=O) groups excluding carboxylic acids is 1. The third-order valence-corrected chi connectivity index (χ3v) is 6.56. The van der Waals surface area contributed by atoms with Crippen molar-refractivity contribution in [1.29, 1.82) is 0 Å². The molecule has 1 aromatic heterocycles. The molecule has 5 rings (SSSR count). The molecule has 1 aliphatic rings. The molecule has 0 atom stereocenters. The predicted molar refractivity (Wildman–Crippen MR) is 159 cm³/mol. The highest BCUT2D eigenvalue weighted by atomic mass is 35.5. The topological polar surface area (TPSA) is 74.6 Å². The molecule has 0 radical (unpaired) electrons. The van der Waals surface area contributed by atoms with E-state index in [1.165, 1.54) is 4.90 Å². The number of rotatable bonds is 6. The number of hydrogen-bond donors (Lipinski definition) is 0. The fourth-order valence-corrected chi connectivity index (χ4v) is 4.16. The Kier molecular flexibility index (Phi) is 7.54. The second-order valence-corrected chi connectivity index (χ2v) is 9.94. The highest BCUT2D eigenvalue weighted by molar-refractivity contribution is 6.33. The molecule has 0 saturated carbocycles. The smallest absolute Gasteiger partial charge is 0.285 e. The molecule has 0 fully saturated rings. The van der Waals surface area contributed by atoms with Gasteiger partial charge in [-0.15, -0.1) is 10.2 Å². The predicted octanol–water partition coefficient (Wildman–Crippen LogP) is 6.56. The summed E-state index contributed by atoms with van der Waals surface area (Å²) in [4.78, 5) is 26.4. The van der Waals surface area contributed by atoms with Crippen molar-refractivity contribution >= 4 is 64.8 Å². The number of amides is 1. The summed E-state index contributed by atoms with van der Waals surface area (Å²) in [5.41, 5.74) is 5.06. The van der Waals surface area contributed by atoms with Gasteiger partial charge in [-0.2, -0.15) is 0 Å². The summed E-state index contributed by atoms with van der Waals surface area (Å²) in [5, 5.41) is 9.73. The summed E-state index contributed by atoms with van der Waals surface area (Å²) in [6.07, 6.45) is 5.52. The van der Waals surface area contributed by atoms with Gasteiger partial charge < -0.3 is 4.90 Å². The van der Waals surface area contributed by atoms with Gasteiger partial charge in [-0.3, -0.25) is 4.79 Å². The van der Waals surface area contributed by atoms with Crippen molar-refractivity contribution in [2.24, 2.45) is 4.99 Å². The van der Waals surface area contributed by atoms with E-state index in [-0.39, 0.29) is 17.6 Å². The molecule has 194 valence electrons. The maximum atomic E-state index is 13.7. The van der Waals surface area contributed by atoms with E-state index in [0.29, 0.717) is 32.8 Å². The van der Waals surface area contributed by atoms with Gasteiger partial charge in [0.2, 0.25) is 0 Å². The van der Waals surface area contributed by atoms with Crippen LogP contribution in [0.2, 0.25) is 10.0 Å². The monoisotopic (exact) mass is 554 g/mol. The Bertz CT molecular complexity index is 1610. The van der Waals surface area contributed by atoms with Gasteiger partial charge >= 0.3 is 0 Å². The van der Waals surface area contributed by atoms with Crippen LogP contribution in [-0.4, -0.2) is 41.0 Å². The van der Waals surface area contributed by atoms with Crippen LogP contribution in [0.1, 0.15) is 28.1 Å². The molecule has 0 bridgehead atoms. The molecule has 1 amide bonds. The van der Waals surface area contributed by atoms with Gasteiger partial charge in [-0.05, 0) is 78.7 Å². The quantitative estimate of drug-likeness (QED) is 0.252. The molecule has 0 unspecified atom stereocenters. The zero-order valence-corrected chi connectivity index (χ0v) is 23.0. The number of anilines is 2. The van der Waals surface area contributed by atoms with Crippen LogP contribution >= 0.6 is 23.2 Å². The molecule has 39 heavy (non-hydrogen) atoms. The summed E-state index contributed by atoms with van der Waals surface area (Å²) in [6, 6.07) is 22.4. The van der Waals surface area contributed by atoms with Crippen molar-refractivity contribution in [2.45, 2.75) is 6.92 Å². The molecule has 2 heterocycles. The Balaban J connectivity index is 1.52. The second-order valence-electron chi connectivity index (χ2n) is 9.07. The largest absolute Gasteiger partial charge is 0.378 e. The van der Waals surface area contributed by atoms with Crippen LogP contribution in [0, 0.1) is 6.92 Å². The molecule has 0 spiro atoms. The number of nitrogens with zero attached hydrogens (tertiary/aromatic N) is 6. The van der Waals surface area contributed by atoms with E-state index in [1.807, 2.05) is 74.5 Å². The molecule has 7 nitrogen and oxygen atoms in total. The van der Waals surface area contributed by atoms with Crippen LogP contribution in [0.3, 0.4) is 0 Å². The highest BCUT2D eigenvalue weighted by Gasteiger charge is 2.35. The number of benzene rings is 3. The van der Waals surface area contributed by atoms with Gasteiger partial charge in [-0.1, -0.05) is 53.5 Å². The first-order valence-corrected chi connectivity index (χ1v) is 12.9. The minimum absolute atomic E-state index is 0.126. The number of aryl methyl sites for hydroxylation is 1. The number of halogens is 2. The van der Waals surface area contributed by atoms with Gasteiger partial charge in [0.1, 0.15) is 5.70 Å². The van der Waals surface area contributed by atoms with Crippen molar-refractivity contribution in [3.05, 3.63) is 117 Å². The molecule has 3 aromatic carbocycles. The Morgan fingerprint density at radius 3 is 2.05 bits per heavy atom. The van der Waals surface area contributed by atoms with Crippen LogP contribution in [0.25, 0.3) is 18.2 Å². The first-order valence-electron chi connectivity index (χ1n) is 12.1. The minimum Gasteiger partial charge on any atom is -0.378 e. The normalized spacial score (nSPS) is 14.4. The van der Waals surface area contributed by atoms with E-state index in [0.717, 1.165) is 16.8 Å². The van der Waals surface area contributed by atoms with E-state index < -0.39 is 0 Å².